The summed E-state index contributed by atoms with van der Waals surface area (Å²) in [5, 5.41) is 7.42. The van der Waals surface area contributed by atoms with Crippen molar-refractivity contribution in [2.75, 3.05) is 13.1 Å². The fourth-order valence-corrected chi connectivity index (χ4v) is 3.67. The number of fused-ring (bicyclic) bond motifs is 1. The first-order chi connectivity index (χ1) is 10.1. The topological polar surface area (TPSA) is 54.0 Å². The standard InChI is InChI=1S/C16H21N3OS.2ClH/c1-10(18-16(20)11(2)12-8-17-9-12)7-15-19-13-5-3-4-6-14(13)21-15;;/h3-6,10-12,17H,7-9H2,1-2H3,(H,18,20);2*1H. The van der Waals surface area contributed by atoms with Gasteiger partial charge in [-0.15, -0.1) is 36.2 Å². The third-order valence-corrected chi connectivity index (χ3v) is 5.20. The van der Waals surface area contributed by atoms with Crippen LogP contribution < -0.4 is 10.6 Å². The van der Waals surface area contributed by atoms with Crippen molar-refractivity contribution >= 4 is 52.3 Å². The SMILES string of the molecule is CC(Cc1nc2ccccc2s1)NC(=O)C(C)C1CNC1.Cl.Cl. The minimum absolute atomic E-state index is 0. The van der Waals surface area contributed by atoms with Crippen LogP contribution in [0.3, 0.4) is 0 Å². The van der Waals surface area contributed by atoms with E-state index in [1.165, 1.54) is 4.70 Å². The monoisotopic (exact) mass is 375 g/mol. The molecule has 1 saturated heterocycles. The lowest BCUT2D eigenvalue weighted by Crippen LogP contribution is -2.50. The number of benzene rings is 1. The van der Waals surface area contributed by atoms with Gasteiger partial charge in [0.05, 0.1) is 15.2 Å². The number of para-hydroxylation sites is 1. The molecule has 1 aromatic carbocycles. The molecular weight excluding hydrogens is 353 g/mol. The predicted octanol–water partition coefficient (Wildman–Crippen LogP) is 3.04. The van der Waals surface area contributed by atoms with Gasteiger partial charge in [0.2, 0.25) is 5.91 Å². The number of nitrogens with one attached hydrogen (secondary N) is 2. The molecule has 2 heterocycles. The Balaban J connectivity index is 0.00000132. The summed E-state index contributed by atoms with van der Waals surface area (Å²) < 4.78 is 1.21. The molecule has 0 bridgehead atoms. The van der Waals surface area contributed by atoms with E-state index in [0.29, 0.717) is 5.92 Å². The fraction of sp³-hybridized carbons (Fsp3) is 0.500. The average Bonchev–Trinajstić information content (AvgIpc) is 2.78. The third kappa shape index (κ3) is 4.80. The largest absolute Gasteiger partial charge is 0.353 e. The van der Waals surface area contributed by atoms with Crippen LogP contribution in [0.5, 0.6) is 0 Å². The summed E-state index contributed by atoms with van der Waals surface area (Å²) in [4.78, 5) is 16.8. The molecule has 128 valence electrons. The minimum Gasteiger partial charge on any atom is -0.353 e. The van der Waals surface area contributed by atoms with Crippen molar-refractivity contribution in [1.82, 2.24) is 15.6 Å². The summed E-state index contributed by atoms with van der Waals surface area (Å²) in [5.41, 5.74) is 1.05. The molecule has 2 N–H and O–H groups in total. The first-order valence-corrected chi connectivity index (χ1v) is 8.30. The lowest BCUT2D eigenvalue weighted by molar-refractivity contribution is -0.127. The summed E-state index contributed by atoms with van der Waals surface area (Å²) in [6.45, 7) is 5.99. The van der Waals surface area contributed by atoms with E-state index in [0.717, 1.165) is 30.0 Å². The highest BCUT2D eigenvalue weighted by Crippen LogP contribution is 2.22. The van der Waals surface area contributed by atoms with E-state index in [-0.39, 0.29) is 42.7 Å². The first-order valence-electron chi connectivity index (χ1n) is 7.49. The fourth-order valence-electron chi connectivity index (χ4n) is 2.57. The Hall–Kier alpha value is -0.880. The maximum atomic E-state index is 12.2. The molecule has 1 aromatic heterocycles. The van der Waals surface area contributed by atoms with E-state index < -0.39 is 0 Å². The second kappa shape index (κ2) is 8.83. The zero-order valence-electron chi connectivity index (χ0n) is 13.2. The summed E-state index contributed by atoms with van der Waals surface area (Å²) in [6.07, 6.45) is 0.792. The Bertz CT molecular complexity index is 612. The van der Waals surface area contributed by atoms with Gasteiger partial charge in [0.25, 0.3) is 0 Å². The van der Waals surface area contributed by atoms with Crippen LogP contribution >= 0.6 is 36.2 Å². The van der Waals surface area contributed by atoms with Crippen LogP contribution in [0.2, 0.25) is 0 Å². The summed E-state index contributed by atoms with van der Waals surface area (Å²) in [6, 6.07) is 8.28. The number of carbonyl (C=O) groups excluding carboxylic acids is 1. The molecule has 0 aliphatic carbocycles. The maximum absolute atomic E-state index is 12.2. The van der Waals surface area contributed by atoms with Gasteiger partial charge in [0.1, 0.15) is 0 Å². The van der Waals surface area contributed by atoms with E-state index in [4.69, 9.17) is 0 Å². The number of hydrogen-bond acceptors (Lipinski definition) is 4. The van der Waals surface area contributed by atoms with Gasteiger partial charge in [0, 0.05) is 18.4 Å². The Labute approximate surface area is 153 Å². The summed E-state index contributed by atoms with van der Waals surface area (Å²) >= 11 is 1.71. The van der Waals surface area contributed by atoms with Gasteiger partial charge >= 0.3 is 0 Å². The number of carbonyl (C=O) groups is 1. The molecule has 2 aromatic rings. The molecule has 0 saturated carbocycles. The van der Waals surface area contributed by atoms with Crippen molar-refractivity contribution < 1.29 is 4.79 Å². The number of hydrogen-bond donors (Lipinski definition) is 2. The molecular formula is C16H23Cl2N3OS. The second-order valence-corrected chi connectivity index (χ2v) is 7.01. The van der Waals surface area contributed by atoms with Crippen LogP contribution in [-0.4, -0.2) is 30.0 Å². The first kappa shape index (κ1) is 20.2. The number of thiazole rings is 1. The van der Waals surface area contributed by atoms with Gasteiger partial charge in [-0.1, -0.05) is 19.1 Å². The van der Waals surface area contributed by atoms with Crippen molar-refractivity contribution in [3.05, 3.63) is 29.3 Å². The molecule has 2 unspecified atom stereocenters. The molecule has 1 fully saturated rings. The van der Waals surface area contributed by atoms with Crippen LogP contribution in [0.15, 0.2) is 24.3 Å². The lowest BCUT2D eigenvalue weighted by Gasteiger charge is -2.32. The predicted molar refractivity (Wildman–Crippen MR) is 101 cm³/mol. The van der Waals surface area contributed by atoms with Gasteiger partial charge in [-0.3, -0.25) is 4.79 Å². The molecule has 3 rings (SSSR count). The van der Waals surface area contributed by atoms with Crippen molar-refractivity contribution in [2.45, 2.75) is 26.3 Å². The highest BCUT2D eigenvalue weighted by Gasteiger charge is 2.29. The summed E-state index contributed by atoms with van der Waals surface area (Å²) in [5.74, 6) is 0.735. The van der Waals surface area contributed by atoms with Gasteiger partial charge in [-0.05, 0) is 38.1 Å². The Morgan fingerprint density at radius 3 is 2.65 bits per heavy atom. The van der Waals surface area contributed by atoms with Crippen molar-refractivity contribution in [3.8, 4) is 0 Å². The van der Waals surface area contributed by atoms with Crippen molar-refractivity contribution in [1.29, 1.82) is 0 Å². The molecule has 7 heteroatoms. The smallest absolute Gasteiger partial charge is 0.223 e. The second-order valence-electron chi connectivity index (χ2n) is 5.90. The van der Waals surface area contributed by atoms with Gasteiger partial charge in [0.15, 0.2) is 0 Å². The average molecular weight is 376 g/mol. The Morgan fingerprint density at radius 1 is 1.35 bits per heavy atom. The molecule has 1 aliphatic rings. The lowest BCUT2D eigenvalue weighted by atomic mass is 9.88. The number of nitrogens with zero attached hydrogens (tertiary/aromatic N) is 1. The van der Waals surface area contributed by atoms with E-state index in [9.17, 15) is 4.79 Å². The third-order valence-electron chi connectivity index (χ3n) is 4.14. The van der Waals surface area contributed by atoms with Crippen molar-refractivity contribution in [2.24, 2.45) is 11.8 Å². The zero-order chi connectivity index (χ0) is 14.8. The van der Waals surface area contributed by atoms with Crippen LogP contribution in [0.25, 0.3) is 10.2 Å². The number of amides is 1. The molecule has 23 heavy (non-hydrogen) atoms. The van der Waals surface area contributed by atoms with Crippen molar-refractivity contribution in [3.63, 3.8) is 0 Å². The zero-order valence-corrected chi connectivity index (χ0v) is 15.7. The van der Waals surface area contributed by atoms with E-state index in [1.54, 1.807) is 11.3 Å². The molecule has 0 radical (unpaired) electrons. The Kier molecular flexibility index (Phi) is 7.74. The number of rotatable bonds is 5. The number of halogens is 2. The van der Waals surface area contributed by atoms with E-state index in [1.807, 2.05) is 25.1 Å². The van der Waals surface area contributed by atoms with Crippen LogP contribution in [0.1, 0.15) is 18.9 Å². The van der Waals surface area contributed by atoms with Crippen LogP contribution in [-0.2, 0) is 11.2 Å². The quantitative estimate of drug-likeness (QED) is 0.844. The molecule has 0 spiro atoms. The van der Waals surface area contributed by atoms with Crippen LogP contribution in [0.4, 0.5) is 0 Å². The Morgan fingerprint density at radius 2 is 2.04 bits per heavy atom. The molecule has 1 aliphatic heterocycles. The molecule has 4 nitrogen and oxygen atoms in total. The van der Waals surface area contributed by atoms with E-state index in [2.05, 4.69) is 28.6 Å². The normalized spacial score (nSPS) is 16.6. The highest BCUT2D eigenvalue weighted by molar-refractivity contribution is 7.18. The summed E-state index contributed by atoms with van der Waals surface area (Å²) in [7, 11) is 0. The van der Waals surface area contributed by atoms with Gasteiger partial charge in [-0.2, -0.15) is 0 Å². The van der Waals surface area contributed by atoms with E-state index >= 15 is 0 Å². The molecule has 2 atom stereocenters. The maximum Gasteiger partial charge on any atom is 0.223 e. The minimum atomic E-state index is 0. The molecule has 1 amide bonds. The van der Waals surface area contributed by atoms with Crippen LogP contribution in [0, 0.1) is 11.8 Å². The van der Waals surface area contributed by atoms with Gasteiger partial charge < -0.3 is 10.6 Å². The number of aromatic nitrogens is 1. The highest BCUT2D eigenvalue weighted by atomic mass is 35.5. The van der Waals surface area contributed by atoms with Gasteiger partial charge in [-0.25, -0.2) is 4.98 Å².